The van der Waals surface area contributed by atoms with E-state index in [9.17, 15) is 14.4 Å². The highest BCUT2D eigenvalue weighted by Gasteiger charge is 2.29. The number of carbonyl (C=O) groups is 3. The number of aldehydes is 1. The second kappa shape index (κ2) is 7.67. The molecule has 5 aromatic rings. The van der Waals surface area contributed by atoms with E-state index in [4.69, 9.17) is 5.73 Å². The minimum Gasteiger partial charge on any atom is -0.366 e. The second-order valence-corrected chi connectivity index (χ2v) is 8.82. The van der Waals surface area contributed by atoms with Crippen molar-refractivity contribution in [3.8, 4) is 11.1 Å². The summed E-state index contributed by atoms with van der Waals surface area (Å²) >= 11 is 0. The number of hydrogen-bond acceptors (Lipinski definition) is 3. The van der Waals surface area contributed by atoms with Gasteiger partial charge in [0.15, 0.2) is 0 Å². The van der Waals surface area contributed by atoms with E-state index in [0.29, 0.717) is 23.2 Å². The largest absolute Gasteiger partial charge is 0.366 e. The molecule has 1 aromatic heterocycles. The lowest BCUT2D eigenvalue weighted by atomic mass is 9.93. The third-order valence-corrected chi connectivity index (χ3v) is 6.89. The molecule has 0 radical (unpaired) electrons. The SMILES string of the molecule is Cc1c(-c2ccc(C(N)=O)c3[nH]c4cc(C=O)ccc4c23)cccc1N1Cc2ccccc2C1=O. The van der Waals surface area contributed by atoms with Crippen LogP contribution in [0.5, 0.6) is 0 Å². The maximum atomic E-state index is 13.2. The first-order chi connectivity index (χ1) is 17.0. The zero-order chi connectivity index (χ0) is 24.3. The van der Waals surface area contributed by atoms with Crippen molar-refractivity contribution in [2.75, 3.05) is 4.90 Å². The van der Waals surface area contributed by atoms with E-state index in [-0.39, 0.29) is 5.91 Å². The van der Waals surface area contributed by atoms with Gasteiger partial charge in [0.25, 0.3) is 11.8 Å². The van der Waals surface area contributed by atoms with Crippen molar-refractivity contribution in [3.05, 3.63) is 101 Å². The first-order valence-electron chi connectivity index (χ1n) is 11.3. The number of aromatic amines is 1. The number of nitrogens with zero attached hydrogens (tertiary/aromatic N) is 1. The predicted molar refractivity (Wildman–Crippen MR) is 137 cm³/mol. The number of fused-ring (bicyclic) bond motifs is 4. The summed E-state index contributed by atoms with van der Waals surface area (Å²) in [6, 6.07) is 22.6. The van der Waals surface area contributed by atoms with Gasteiger partial charge in [-0.15, -0.1) is 0 Å². The van der Waals surface area contributed by atoms with Gasteiger partial charge in [0.1, 0.15) is 6.29 Å². The fourth-order valence-electron chi connectivity index (χ4n) is 5.19. The molecule has 0 saturated carbocycles. The molecule has 0 spiro atoms. The summed E-state index contributed by atoms with van der Waals surface area (Å²) in [6.45, 7) is 2.53. The van der Waals surface area contributed by atoms with Gasteiger partial charge in [-0.25, -0.2) is 0 Å². The Morgan fingerprint density at radius 1 is 0.971 bits per heavy atom. The van der Waals surface area contributed by atoms with Crippen LogP contribution in [-0.2, 0) is 6.54 Å². The number of nitrogens with two attached hydrogens (primary N) is 1. The van der Waals surface area contributed by atoms with Gasteiger partial charge >= 0.3 is 0 Å². The molecule has 1 aliphatic heterocycles. The fraction of sp³-hybridized carbons (Fsp3) is 0.0690. The highest BCUT2D eigenvalue weighted by molar-refractivity contribution is 6.20. The van der Waals surface area contributed by atoms with Crippen LogP contribution in [0.15, 0.2) is 72.8 Å². The summed E-state index contributed by atoms with van der Waals surface area (Å²) < 4.78 is 0. The first-order valence-corrected chi connectivity index (χ1v) is 11.3. The van der Waals surface area contributed by atoms with Crippen molar-refractivity contribution in [3.63, 3.8) is 0 Å². The molecule has 0 atom stereocenters. The number of carbonyl (C=O) groups excluding carboxylic acids is 3. The topological polar surface area (TPSA) is 96.3 Å². The van der Waals surface area contributed by atoms with Gasteiger partial charge in [0.05, 0.1) is 17.6 Å². The monoisotopic (exact) mass is 459 g/mol. The van der Waals surface area contributed by atoms with Crippen LogP contribution >= 0.6 is 0 Å². The molecule has 35 heavy (non-hydrogen) atoms. The number of amides is 2. The van der Waals surface area contributed by atoms with E-state index in [1.165, 1.54) is 0 Å². The summed E-state index contributed by atoms with van der Waals surface area (Å²) in [5.74, 6) is -0.543. The quantitative estimate of drug-likeness (QED) is 0.354. The molecule has 0 unspecified atom stereocenters. The van der Waals surface area contributed by atoms with Crippen LogP contribution in [0.2, 0.25) is 0 Å². The molecule has 0 aliphatic carbocycles. The summed E-state index contributed by atoms with van der Waals surface area (Å²) in [7, 11) is 0. The average molecular weight is 460 g/mol. The normalized spacial score (nSPS) is 12.9. The molecule has 3 N–H and O–H groups in total. The minimum absolute atomic E-state index is 0.0106. The van der Waals surface area contributed by atoms with E-state index in [1.807, 2.05) is 66.4 Å². The Morgan fingerprint density at radius 2 is 1.77 bits per heavy atom. The lowest BCUT2D eigenvalue weighted by Gasteiger charge is -2.21. The van der Waals surface area contributed by atoms with Crippen molar-refractivity contribution < 1.29 is 14.4 Å². The van der Waals surface area contributed by atoms with Gasteiger partial charge < -0.3 is 15.6 Å². The smallest absolute Gasteiger partial charge is 0.258 e. The highest BCUT2D eigenvalue weighted by atomic mass is 16.2. The van der Waals surface area contributed by atoms with Gasteiger partial charge in [0.2, 0.25) is 0 Å². The maximum absolute atomic E-state index is 13.2. The number of anilines is 1. The molecular weight excluding hydrogens is 438 g/mol. The third-order valence-electron chi connectivity index (χ3n) is 6.89. The molecule has 0 saturated heterocycles. The van der Waals surface area contributed by atoms with Crippen LogP contribution in [0.1, 0.15) is 42.2 Å². The van der Waals surface area contributed by atoms with Crippen molar-refractivity contribution >= 4 is 45.6 Å². The summed E-state index contributed by atoms with van der Waals surface area (Å²) in [6.07, 6.45) is 0.791. The van der Waals surface area contributed by atoms with Crippen molar-refractivity contribution in [1.29, 1.82) is 0 Å². The number of aromatic nitrogens is 1. The number of hydrogen-bond donors (Lipinski definition) is 2. The van der Waals surface area contributed by atoms with E-state index >= 15 is 0 Å². The molecular formula is C29H21N3O3. The molecule has 1 aliphatic rings. The number of H-pyrrole nitrogens is 1. The van der Waals surface area contributed by atoms with Gasteiger partial charge in [-0.05, 0) is 53.4 Å². The van der Waals surface area contributed by atoms with Crippen LogP contribution in [0.25, 0.3) is 32.9 Å². The lowest BCUT2D eigenvalue weighted by Crippen LogP contribution is -2.24. The van der Waals surface area contributed by atoms with Crippen molar-refractivity contribution in [1.82, 2.24) is 4.98 Å². The van der Waals surface area contributed by atoms with Crippen molar-refractivity contribution in [2.45, 2.75) is 13.5 Å². The van der Waals surface area contributed by atoms with Gasteiger partial charge in [0, 0.05) is 33.1 Å². The van der Waals surface area contributed by atoms with Crippen LogP contribution in [-0.4, -0.2) is 23.1 Å². The van der Waals surface area contributed by atoms with Crippen molar-refractivity contribution in [2.24, 2.45) is 5.73 Å². The molecule has 0 bridgehead atoms. The second-order valence-electron chi connectivity index (χ2n) is 8.82. The molecule has 4 aromatic carbocycles. The standard InChI is InChI=1S/C29H21N3O3/c1-16-19(7-4-8-25(16)32-14-18-5-2-3-6-20(18)29(32)35)21-11-12-23(28(30)34)27-26(21)22-10-9-17(15-33)13-24(22)31-27/h2-13,15,31H,14H2,1H3,(H2,30,34). The molecule has 6 nitrogen and oxygen atoms in total. The zero-order valence-corrected chi connectivity index (χ0v) is 19.0. The lowest BCUT2D eigenvalue weighted by molar-refractivity contribution is 0.0990. The van der Waals surface area contributed by atoms with Crippen LogP contribution in [0.4, 0.5) is 5.69 Å². The first kappa shape index (κ1) is 20.9. The Labute approximate surface area is 201 Å². The van der Waals surface area contributed by atoms with E-state index in [1.54, 1.807) is 18.2 Å². The predicted octanol–water partition coefficient (Wildman–Crippen LogP) is 5.37. The molecule has 6 heteroatoms. The third kappa shape index (κ3) is 3.07. The zero-order valence-electron chi connectivity index (χ0n) is 19.0. The maximum Gasteiger partial charge on any atom is 0.258 e. The van der Waals surface area contributed by atoms with Crippen LogP contribution < -0.4 is 10.6 Å². The van der Waals surface area contributed by atoms with E-state index in [0.717, 1.165) is 56.1 Å². The molecule has 170 valence electrons. The molecule has 2 amide bonds. The summed E-state index contributed by atoms with van der Waals surface area (Å²) in [4.78, 5) is 41.8. The summed E-state index contributed by atoms with van der Waals surface area (Å²) in [5, 5.41) is 1.74. The van der Waals surface area contributed by atoms with Gasteiger partial charge in [-0.1, -0.05) is 48.5 Å². The number of primary amides is 1. The molecule has 2 heterocycles. The van der Waals surface area contributed by atoms with Gasteiger partial charge in [-0.3, -0.25) is 14.4 Å². The Bertz CT molecular complexity index is 1710. The van der Waals surface area contributed by atoms with Crippen LogP contribution in [0.3, 0.4) is 0 Å². The van der Waals surface area contributed by atoms with Crippen LogP contribution in [0, 0.1) is 6.92 Å². The average Bonchev–Trinajstić information content (AvgIpc) is 3.41. The van der Waals surface area contributed by atoms with Gasteiger partial charge in [-0.2, -0.15) is 0 Å². The Morgan fingerprint density at radius 3 is 2.54 bits per heavy atom. The minimum atomic E-state index is -0.533. The summed E-state index contributed by atoms with van der Waals surface area (Å²) in [5.41, 5.74) is 13.4. The highest BCUT2D eigenvalue weighted by Crippen LogP contribution is 2.41. The molecule has 6 rings (SSSR count). The number of rotatable bonds is 4. The Kier molecular flexibility index (Phi) is 4.57. The van der Waals surface area contributed by atoms with E-state index < -0.39 is 5.91 Å². The molecule has 0 fully saturated rings. The Balaban J connectivity index is 1.58. The fourth-order valence-corrected chi connectivity index (χ4v) is 5.19. The number of benzene rings is 4. The van der Waals surface area contributed by atoms with E-state index in [2.05, 4.69) is 4.98 Å². The number of nitrogens with one attached hydrogen (secondary N) is 1. The Hall–Kier alpha value is -4.71.